The number of hydrogen-bond acceptors (Lipinski definition) is 12. The van der Waals surface area contributed by atoms with Crippen LogP contribution in [0, 0.1) is 71.2 Å². The molecule has 17 heteroatoms. The quantitative estimate of drug-likeness (QED) is 0.213. The topological polar surface area (TPSA) is 241 Å². The average Bonchev–Trinajstić information content (AvgIpc) is 1.41. The molecule has 0 aromatic carbocycles. The van der Waals surface area contributed by atoms with Gasteiger partial charge in [0, 0.05) is 0 Å². The first-order valence-corrected chi connectivity index (χ1v) is 10.4. The van der Waals surface area contributed by atoms with Crippen molar-refractivity contribution in [3.05, 3.63) is 0 Å². The van der Waals surface area contributed by atoms with E-state index in [0.29, 0.717) is 0 Å². The standard InChI is InChI=1S/2La.3H2O4Se/c;;3*1-5(2,3)4/h;;3*(H2,1,2,3,4)/q2*+3;;;/p-6. The SMILES string of the molecule is O=[Se](=O)([O-])[O-].O=[Se](=O)([O-])[O-].O=[Se](=O)([O-])[O-].[La+3].[La+3]. The van der Waals surface area contributed by atoms with E-state index < -0.39 is 40.1 Å². The van der Waals surface area contributed by atoms with Crippen molar-refractivity contribution < 1.29 is 119 Å². The molecule has 0 rings (SSSR count). The molecule has 0 amide bonds. The Morgan fingerprint density at radius 2 is 0.412 bits per heavy atom. The maximum Gasteiger partial charge on any atom is 3.00 e. The minimum Gasteiger partial charge on any atom is 3.00 e. The first kappa shape index (κ1) is 31.7. The first-order valence-electron chi connectivity index (χ1n) is 2.00. The van der Waals surface area contributed by atoms with Crippen LogP contribution in [-0.2, 0) is 23.0 Å². The molecule has 17 heavy (non-hydrogen) atoms. The maximum atomic E-state index is 8.59. The van der Waals surface area contributed by atoms with E-state index in [-0.39, 0.29) is 71.2 Å². The molecule has 96 valence electrons. The molecule has 0 bridgehead atoms. The third-order valence-corrected chi connectivity index (χ3v) is 0. The Balaban J connectivity index is -0.0000000400. The van der Waals surface area contributed by atoms with Gasteiger partial charge in [-0.3, -0.25) is 0 Å². The molecule has 0 fully saturated rings. The summed E-state index contributed by atoms with van der Waals surface area (Å²) in [4.78, 5) is 0. The Hall–Kier alpha value is 2.51. The largest absolute Gasteiger partial charge is 3.00 e. The fraction of sp³-hybridized carbons (Fsp3) is 0. The summed E-state index contributed by atoms with van der Waals surface area (Å²) in [6.45, 7) is 0. The van der Waals surface area contributed by atoms with Crippen LogP contribution in [0.25, 0.3) is 0 Å². The van der Waals surface area contributed by atoms with Gasteiger partial charge in [0.25, 0.3) is 0 Å². The van der Waals surface area contributed by atoms with Crippen molar-refractivity contribution in [2.45, 2.75) is 0 Å². The normalized spacial score (nSPS) is 10.2. The first-order chi connectivity index (χ1) is 6.00. The summed E-state index contributed by atoms with van der Waals surface area (Å²) in [7, 11) is 0. The van der Waals surface area contributed by atoms with Crippen LogP contribution in [0.15, 0.2) is 0 Å². The Kier molecular flexibility index (Phi) is 25.2. The fourth-order valence-electron chi connectivity index (χ4n) is 0. The second-order valence-corrected chi connectivity index (χ2v) is 6.36. The van der Waals surface area contributed by atoms with Crippen LogP contribution in [0.4, 0.5) is 0 Å². The Morgan fingerprint density at radius 3 is 0.412 bits per heavy atom. The van der Waals surface area contributed by atoms with Gasteiger partial charge in [0.05, 0.1) is 0 Å². The molecule has 0 saturated carbocycles. The second kappa shape index (κ2) is 13.5. The molecule has 0 saturated heterocycles. The molecule has 0 aromatic heterocycles. The monoisotopic (exact) mass is 710 g/mol. The van der Waals surface area contributed by atoms with Crippen molar-refractivity contribution in [1.29, 1.82) is 0 Å². The van der Waals surface area contributed by atoms with E-state index in [9.17, 15) is 0 Å². The van der Waals surface area contributed by atoms with Gasteiger partial charge < -0.3 is 0 Å². The molecule has 0 radical (unpaired) electrons. The van der Waals surface area contributed by atoms with Gasteiger partial charge in [0.1, 0.15) is 0 Å². The summed E-state index contributed by atoms with van der Waals surface area (Å²) in [6, 6.07) is 0. The van der Waals surface area contributed by atoms with Crippen LogP contribution in [0.5, 0.6) is 0 Å². The van der Waals surface area contributed by atoms with Gasteiger partial charge in [-0.25, -0.2) is 0 Å². The average molecular weight is 707 g/mol. The second-order valence-electron chi connectivity index (χ2n) is 1.22. The van der Waals surface area contributed by atoms with E-state index in [4.69, 9.17) is 48.1 Å². The molecular weight excluding hydrogens is 707 g/mol. The summed E-state index contributed by atoms with van der Waals surface area (Å²) in [6.07, 6.45) is 0. The molecule has 0 aliphatic heterocycles. The summed E-state index contributed by atoms with van der Waals surface area (Å²) in [5.74, 6) is 0. The zero-order valence-electron chi connectivity index (χ0n) is 7.28. The third kappa shape index (κ3) is 802. The maximum absolute atomic E-state index is 8.59. The van der Waals surface area contributed by atoms with E-state index in [1.54, 1.807) is 0 Å². The van der Waals surface area contributed by atoms with Crippen molar-refractivity contribution >= 4 is 40.1 Å². The van der Waals surface area contributed by atoms with E-state index in [1.165, 1.54) is 0 Å². The van der Waals surface area contributed by atoms with E-state index in [1.807, 2.05) is 0 Å². The molecule has 0 atom stereocenters. The molecule has 0 aliphatic carbocycles. The fourth-order valence-corrected chi connectivity index (χ4v) is 0. The van der Waals surface area contributed by atoms with Gasteiger partial charge in [0.2, 0.25) is 0 Å². The minimum absolute atomic E-state index is 0. The van der Waals surface area contributed by atoms with Crippen LogP contribution < -0.4 is 25.1 Å². The summed E-state index contributed by atoms with van der Waals surface area (Å²) in [5, 5.41) is 0. The zero-order chi connectivity index (χ0) is 13.5. The molecule has 0 aliphatic rings. The van der Waals surface area contributed by atoms with Crippen LogP contribution >= 0.6 is 0 Å². The predicted molar refractivity (Wildman–Crippen MR) is 21.4 cm³/mol. The van der Waals surface area contributed by atoms with Crippen molar-refractivity contribution in [2.75, 3.05) is 0 Å². The summed E-state index contributed by atoms with van der Waals surface area (Å²) >= 11 is -17.2. The molecular formula is La2O12Se3. The minimum atomic E-state index is -5.75. The number of hydrogen-bond donors (Lipinski definition) is 0. The van der Waals surface area contributed by atoms with Gasteiger partial charge >= 0.3 is 159 Å². The van der Waals surface area contributed by atoms with Gasteiger partial charge in [-0.15, -0.1) is 0 Å². The molecule has 0 spiro atoms. The Labute approximate surface area is 156 Å². The Bertz CT molecular complexity index is 341. The van der Waals surface area contributed by atoms with E-state index in [0.717, 1.165) is 0 Å². The van der Waals surface area contributed by atoms with Crippen molar-refractivity contribution in [2.24, 2.45) is 0 Å². The van der Waals surface area contributed by atoms with E-state index in [2.05, 4.69) is 0 Å². The summed E-state index contributed by atoms with van der Waals surface area (Å²) in [5.41, 5.74) is 0. The molecule has 0 heterocycles. The zero-order valence-corrected chi connectivity index (χ0v) is 19.7. The molecule has 0 unspecified atom stereocenters. The van der Waals surface area contributed by atoms with Crippen molar-refractivity contribution in [1.82, 2.24) is 0 Å². The van der Waals surface area contributed by atoms with E-state index >= 15 is 0 Å². The number of rotatable bonds is 0. The molecule has 0 N–H and O–H groups in total. The molecule has 12 nitrogen and oxygen atoms in total. The van der Waals surface area contributed by atoms with Crippen LogP contribution in [-0.4, -0.2) is 40.1 Å². The van der Waals surface area contributed by atoms with Crippen LogP contribution in [0.1, 0.15) is 0 Å². The van der Waals surface area contributed by atoms with Crippen LogP contribution in [0.3, 0.4) is 0 Å². The van der Waals surface area contributed by atoms with Gasteiger partial charge in [-0.05, 0) is 0 Å². The summed E-state index contributed by atoms with van der Waals surface area (Å²) < 4.78 is 103. The van der Waals surface area contributed by atoms with Gasteiger partial charge in [0.15, 0.2) is 0 Å². The predicted octanol–water partition coefficient (Wildman–Crippen LogP) is -8.99. The van der Waals surface area contributed by atoms with Crippen LogP contribution in [0.2, 0.25) is 0 Å². The smallest absolute Gasteiger partial charge is 3.00 e. The molecule has 0 aromatic rings. The third-order valence-electron chi connectivity index (χ3n) is 0. The van der Waals surface area contributed by atoms with Gasteiger partial charge in [-0.1, -0.05) is 0 Å². The van der Waals surface area contributed by atoms with Crippen molar-refractivity contribution in [3.63, 3.8) is 0 Å². The van der Waals surface area contributed by atoms with Gasteiger partial charge in [-0.2, -0.15) is 0 Å². The Morgan fingerprint density at radius 1 is 0.412 bits per heavy atom. The van der Waals surface area contributed by atoms with Crippen molar-refractivity contribution in [3.8, 4) is 0 Å².